The van der Waals surface area contributed by atoms with E-state index in [1.807, 2.05) is 0 Å². The summed E-state index contributed by atoms with van der Waals surface area (Å²) in [6.07, 6.45) is 1.71. The lowest BCUT2D eigenvalue weighted by Crippen LogP contribution is -2.42. The van der Waals surface area contributed by atoms with Crippen molar-refractivity contribution in [3.63, 3.8) is 0 Å². The summed E-state index contributed by atoms with van der Waals surface area (Å²) < 4.78 is 9.89. The van der Waals surface area contributed by atoms with E-state index in [1.165, 1.54) is 12.3 Å². The van der Waals surface area contributed by atoms with E-state index in [1.54, 1.807) is 19.1 Å². The largest absolute Gasteiger partial charge is 0.469 e. The minimum Gasteiger partial charge on any atom is -0.469 e. The molecule has 0 aromatic carbocycles. The van der Waals surface area contributed by atoms with Gasteiger partial charge in [-0.3, -0.25) is 14.9 Å². The van der Waals surface area contributed by atoms with Gasteiger partial charge in [0, 0.05) is 13.0 Å². The second-order valence-electron chi connectivity index (χ2n) is 4.83. The highest BCUT2D eigenvalue weighted by atomic mass is 16.6. The number of nitro groups is 1. The maximum absolute atomic E-state index is 11.8. The molecule has 2 aromatic heterocycles. The Balaban J connectivity index is 1.91. The van der Waals surface area contributed by atoms with Crippen LogP contribution in [0.4, 0.5) is 5.88 Å². The number of hydrogen-bond donors (Lipinski definition) is 2. The van der Waals surface area contributed by atoms with Crippen molar-refractivity contribution >= 4 is 11.8 Å². The molecule has 0 aliphatic rings. The molecule has 21 heavy (non-hydrogen) atoms. The molecule has 0 aliphatic heterocycles. The van der Waals surface area contributed by atoms with Crippen LogP contribution < -0.4 is 5.32 Å². The van der Waals surface area contributed by atoms with Gasteiger partial charge in [-0.2, -0.15) is 0 Å². The number of furan rings is 2. The Bertz CT molecular complexity index is 629. The summed E-state index contributed by atoms with van der Waals surface area (Å²) in [7, 11) is 0. The fraction of sp³-hybridized carbons (Fsp3) is 0.308. The Labute approximate surface area is 119 Å². The summed E-state index contributed by atoms with van der Waals surface area (Å²) >= 11 is 0. The van der Waals surface area contributed by atoms with Gasteiger partial charge in [0.05, 0.1) is 17.9 Å². The minimum absolute atomic E-state index is 0.0545. The van der Waals surface area contributed by atoms with E-state index < -0.39 is 22.3 Å². The number of hydrogen-bond acceptors (Lipinski definition) is 6. The van der Waals surface area contributed by atoms with Crippen molar-refractivity contribution in [1.82, 2.24) is 5.32 Å². The van der Waals surface area contributed by atoms with Crippen LogP contribution >= 0.6 is 0 Å². The van der Waals surface area contributed by atoms with E-state index in [0.29, 0.717) is 5.76 Å². The van der Waals surface area contributed by atoms with Crippen molar-refractivity contribution in [2.45, 2.75) is 18.9 Å². The molecule has 8 nitrogen and oxygen atoms in total. The third-order valence-electron chi connectivity index (χ3n) is 2.76. The summed E-state index contributed by atoms with van der Waals surface area (Å²) in [5, 5.41) is 23.1. The topological polar surface area (TPSA) is 119 Å². The number of nitrogens with one attached hydrogen (secondary N) is 1. The molecule has 2 rings (SSSR count). The van der Waals surface area contributed by atoms with Gasteiger partial charge in [-0.1, -0.05) is 0 Å². The van der Waals surface area contributed by atoms with Crippen molar-refractivity contribution in [2.75, 3.05) is 6.54 Å². The van der Waals surface area contributed by atoms with E-state index in [-0.39, 0.29) is 18.7 Å². The van der Waals surface area contributed by atoms with Gasteiger partial charge >= 0.3 is 5.88 Å². The van der Waals surface area contributed by atoms with Crippen LogP contribution in [0.2, 0.25) is 0 Å². The summed E-state index contributed by atoms with van der Waals surface area (Å²) in [5.41, 5.74) is -1.22. The molecule has 0 radical (unpaired) electrons. The number of rotatable bonds is 6. The molecule has 0 aliphatic carbocycles. The highest BCUT2D eigenvalue weighted by molar-refractivity contribution is 5.91. The zero-order valence-corrected chi connectivity index (χ0v) is 11.2. The number of carbonyl (C=O) groups is 1. The fourth-order valence-corrected chi connectivity index (χ4v) is 1.76. The van der Waals surface area contributed by atoms with Gasteiger partial charge in [0.1, 0.15) is 10.7 Å². The van der Waals surface area contributed by atoms with Crippen LogP contribution in [0.1, 0.15) is 23.2 Å². The third kappa shape index (κ3) is 3.93. The Hall–Kier alpha value is -2.61. The minimum atomic E-state index is -1.22. The van der Waals surface area contributed by atoms with Gasteiger partial charge < -0.3 is 19.3 Å². The maximum Gasteiger partial charge on any atom is 0.433 e. The Kier molecular flexibility index (Phi) is 4.08. The molecule has 2 N–H and O–H groups in total. The zero-order chi connectivity index (χ0) is 15.5. The predicted molar refractivity (Wildman–Crippen MR) is 70.7 cm³/mol. The molecule has 0 fully saturated rings. The number of amides is 1. The first kappa shape index (κ1) is 14.8. The molecular weight excluding hydrogens is 280 g/mol. The predicted octanol–water partition coefficient (Wildman–Crippen LogP) is 1.50. The average molecular weight is 294 g/mol. The molecule has 2 aromatic rings. The van der Waals surface area contributed by atoms with Crippen molar-refractivity contribution in [2.24, 2.45) is 0 Å². The van der Waals surface area contributed by atoms with Crippen molar-refractivity contribution in [1.29, 1.82) is 0 Å². The third-order valence-corrected chi connectivity index (χ3v) is 2.76. The zero-order valence-electron chi connectivity index (χ0n) is 11.2. The van der Waals surface area contributed by atoms with Gasteiger partial charge in [-0.25, -0.2) is 0 Å². The smallest absolute Gasteiger partial charge is 0.433 e. The monoisotopic (exact) mass is 294 g/mol. The molecule has 0 spiro atoms. The van der Waals surface area contributed by atoms with Gasteiger partial charge in [0.25, 0.3) is 5.91 Å². The van der Waals surface area contributed by atoms with Crippen LogP contribution in [0.3, 0.4) is 0 Å². The highest BCUT2D eigenvalue weighted by Gasteiger charge is 2.25. The highest BCUT2D eigenvalue weighted by Crippen LogP contribution is 2.16. The molecular formula is C13H14N2O6. The first-order valence-electron chi connectivity index (χ1n) is 6.14. The SMILES string of the molecule is CC(O)(CNC(=O)c1ccc([N+](=O)[O-])o1)Cc1ccco1. The van der Waals surface area contributed by atoms with Crippen molar-refractivity contribution in [3.8, 4) is 0 Å². The molecule has 2 heterocycles. The van der Waals surface area contributed by atoms with Crippen molar-refractivity contribution < 1.29 is 23.7 Å². The standard InChI is InChI=1S/C13H14N2O6/c1-13(17,7-9-3-2-6-20-9)8-14-12(16)10-4-5-11(21-10)15(18)19/h2-6,17H,7-8H2,1H3,(H,14,16). The molecule has 1 amide bonds. The molecule has 0 bridgehead atoms. The Morgan fingerprint density at radius 1 is 1.48 bits per heavy atom. The van der Waals surface area contributed by atoms with E-state index in [0.717, 1.165) is 6.07 Å². The lowest BCUT2D eigenvalue weighted by molar-refractivity contribution is -0.402. The molecule has 1 atom stereocenters. The Morgan fingerprint density at radius 3 is 2.81 bits per heavy atom. The fourth-order valence-electron chi connectivity index (χ4n) is 1.76. The van der Waals surface area contributed by atoms with Crippen molar-refractivity contribution in [3.05, 3.63) is 52.2 Å². The summed E-state index contributed by atoms with van der Waals surface area (Å²) in [4.78, 5) is 21.5. The molecule has 0 saturated heterocycles. The van der Waals surface area contributed by atoms with Gasteiger partial charge in [0.2, 0.25) is 0 Å². The van der Waals surface area contributed by atoms with E-state index in [2.05, 4.69) is 5.32 Å². The average Bonchev–Trinajstić information content (AvgIpc) is 3.06. The van der Waals surface area contributed by atoms with Gasteiger partial charge in [-0.05, 0) is 25.1 Å². The molecule has 0 saturated carbocycles. The molecule has 112 valence electrons. The van der Waals surface area contributed by atoms with Crippen LogP contribution in [0.25, 0.3) is 0 Å². The lowest BCUT2D eigenvalue weighted by atomic mass is 10.0. The number of carbonyl (C=O) groups excluding carboxylic acids is 1. The van der Waals surface area contributed by atoms with E-state index in [4.69, 9.17) is 8.83 Å². The number of aliphatic hydroxyl groups is 1. The van der Waals surface area contributed by atoms with Gasteiger partial charge in [-0.15, -0.1) is 0 Å². The molecule has 1 unspecified atom stereocenters. The van der Waals surface area contributed by atoms with E-state index in [9.17, 15) is 20.0 Å². The first-order valence-corrected chi connectivity index (χ1v) is 6.14. The van der Waals surface area contributed by atoms with Crippen LogP contribution in [0.15, 0.2) is 39.4 Å². The van der Waals surface area contributed by atoms with E-state index >= 15 is 0 Å². The van der Waals surface area contributed by atoms with Crippen LogP contribution in [-0.4, -0.2) is 28.1 Å². The van der Waals surface area contributed by atoms with Crippen LogP contribution in [0, 0.1) is 10.1 Å². The quantitative estimate of drug-likeness (QED) is 0.615. The second-order valence-corrected chi connectivity index (χ2v) is 4.83. The summed E-state index contributed by atoms with van der Waals surface area (Å²) in [6.45, 7) is 1.49. The second kappa shape index (κ2) is 5.80. The first-order chi connectivity index (χ1) is 9.87. The Morgan fingerprint density at radius 2 is 2.24 bits per heavy atom. The molecule has 8 heteroatoms. The lowest BCUT2D eigenvalue weighted by Gasteiger charge is -2.22. The van der Waals surface area contributed by atoms with Crippen LogP contribution in [0.5, 0.6) is 0 Å². The summed E-state index contributed by atoms with van der Waals surface area (Å²) in [5.74, 6) is -0.747. The number of nitrogens with zero attached hydrogens (tertiary/aromatic N) is 1. The van der Waals surface area contributed by atoms with Gasteiger partial charge in [0.15, 0.2) is 5.76 Å². The summed E-state index contributed by atoms with van der Waals surface area (Å²) in [6, 6.07) is 5.71. The van der Waals surface area contributed by atoms with Crippen LogP contribution in [-0.2, 0) is 6.42 Å². The normalized spacial score (nSPS) is 13.6. The maximum atomic E-state index is 11.8.